The van der Waals surface area contributed by atoms with Crippen LogP contribution in [0, 0.1) is 0 Å². The highest BCUT2D eigenvalue weighted by molar-refractivity contribution is 7.18. The number of aliphatic hydroxyl groups is 1. The number of carbonyl (C=O) groups excluding carboxylic acids is 1. The van der Waals surface area contributed by atoms with Crippen molar-refractivity contribution >= 4 is 34.0 Å². The minimum Gasteiger partial charge on any atom is -0.465 e. The molecule has 5 nitrogen and oxygen atoms in total. The Kier molecular flexibility index (Phi) is 3.86. The summed E-state index contributed by atoms with van der Waals surface area (Å²) in [5, 5.41) is 9.86. The van der Waals surface area contributed by atoms with Crippen LogP contribution in [-0.4, -0.2) is 42.4 Å². The number of aliphatic hydroxyl groups excluding tert-OH is 1. The average molecular weight is 277 g/mol. The fourth-order valence-electron chi connectivity index (χ4n) is 1.56. The number of methoxy groups -OCH3 is 1. The number of nitrogens with zero attached hydrogens (tertiary/aromatic N) is 2. The molecule has 7 heteroatoms. The molecule has 0 bridgehead atoms. The van der Waals surface area contributed by atoms with E-state index in [1.165, 1.54) is 18.4 Å². The average Bonchev–Trinajstić information content (AvgIpc) is 3.08. The summed E-state index contributed by atoms with van der Waals surface area (Å²) >= 11 is 7.10. The van der Waals surface area contributed by atoms with Crippen LogP contribution in [0.15, 0.2) is 0 Å². The van der Waals surface area contributed by atoms with Gasteiger partial charge in [0.1, 0.15) is 0 Å². The summed E-state index contributed by atoms with van der Waals surface area (Å²) in [5.41, 5.74) is 0. The Labute approximate surface area is 108 Å². The predicted octanol–water partition coefficient (Wildman–Crippen LogP) is 1.54. The Hall–Kier alpha value is -0.850. The molecule has 0 aromatic carbocycles. The van der Waals surface area contributed by atoms with E-state index in [1.807, 2.05) is 4.90 Å². The summed E-state index contributed by atoms with van der Waals surface area (Å²) in [5.74, 6) is -0.474. The lowest BCUT2D eigenvalue weighted by Crippen LogP contribution is -2.28. The maximum atomic E-state index is 11.4. The molecule has 0 amide bonds. The normalized spacial score (nSPS) is 14.8. The third kappa shape index (κ3) is 2.70. The van der Waals surface area contributed by atoms with Crippen LogP contribution < -0.4 is 4.90 Å². The number of thiazole rings is 1. The zero-order valence-electron chi connectivity index (χ0n) is 9.35. The highest BCUT2D eigenvalue weighted by atomic mass is 35.5. The Balaban J connectivity index is 2.22. The van der Waals surface area contributed by atoms with Crippen molar-refractivity contribution in [2.75, 3.05) is 25.2 Å². The number of halogens is 1. The van der Waals surface area contributed by atoms with E-state index in [9.17, 15) is 4.79 Å². The van der Waals surface area contributed by atoms with E-state index in [0.29, 0.717) is 22.6 Å². The number of esters is 1. The third-order valence-electron chi connectivity index (χ3n) is 2.52. The van der Waals surface area contributed by atoms with E-state index in [0.717, 1.165) is 12.8 Å². The number of carbonyl (C=O) groups is 1. The van der Waals surface area contributed by atoms with Crippen molar-refractivity contribution in [2.24, 2.45) is 0 Å². The first kappa shape index (κ1) is 12.6. The number of anilines is 1. The molecular weight excluding hydrogens is 264 g/mol. The fraction of sp³-hybridized carbons (Fsp3) is 0.600. The van der Waals surface area contributed by atoms with Gasteiger partial charge in [0, 0.05) is 12.6 Å². The highest BCUT2D eigenvalue weighted by Gasteiger charge is 2.32. The summed E-state index contributed by atoms with van der Waals surface area (Å²) in [7, 11) is 1.31. The van der Waals surface area contributed by atoms with Crippen molar-refractivity contribution in [1.82, 2.24) is 4.98 Å². The van der Waals surface area contributed by atoms with Gasteiger partial charge in [0.25, 0.3) is 0 Å². The maximum Gasteiger partial charge on any atom is 0.351 e. The van der Waals surface area contributed by atoms with Crippen molar-refractivity contribution in [2.45, 2.75) is 18.9 Å². The van der Waals surface area contributed by atoms with E-state index >= 15 is 0 Å². The lowest BCUT2D eigenvalue weighted by Gasteiger charge is -2.19. The number of hydrogen-bond donors (Lipinski definition) is 1. The molecule has 0 spiro atoms. The van der Waals surface area contributed by atoms with E-state index < -0.39 is 5.97 Å². The molecule has 2 rings (SSSR count). The second-order valence-electron chi connectivity index (χ2n) is 3.76. The zero-order valence-corrected chi connectivity index (χ0v) is 10.9. The van der Waals surface area contributed by atoms with Gasteiger partial charge in [-0.2, -0.15) is 0 Å². The van der Waals surface area contributed by atoms with Gasteiger partial charge in [0.05, 0.1) is 13.7 Å². The molecule has 1 aromatic rings. The van der Waals surface area contributed by atoms with Crippen LogP contribution in [0.1, 0.15) is 22.5 Å². The van der Waals surface area contributed by atoms with Crippen molar-refractivity contribution in [3.63, 3.8) is 0 Å². The van der Waals surface area contributed by atoms with Crippen molar-refractivity contribution in [3.8, 4) is 0 Å². The van der Waals surface area contributed by atoms with Gasteiger partial charge < -0.3 is 14.7 Å². The van der Waals surface area contributed by atoms with Crippen molar-refractivity contribution < 1.29 is 14.6 Å². The lowest BCUT2D eigenvalue weighted by molar-refractivity contribution is 0.0606. The van der Waals surface area contributed by atoms with Gasteiger partial charge in [-0.25, -0.2) is 9.78 Å². The predicted molar refractivity (Wildman–Crippen MR) is 65.9 cm³/mol. The molecule has 1 aliphatic rings. The molecule has 0 saturated heterocycles. The highest BCUT2D eigenvalue weighted by Crippen LogP contribution is 2.36. The minimum atomic E-state index is -0.474. The summed E-state index contributed by atoms with van der Waals surface area (Å²) in [6.07, 6.45) is 2.18. The molecule has 0 aliphatic heterocycles. The van der Waals surface area contributed by atoms with Crippen molar-refractivity contribution in [3.05, 3.63) is 10.0 Å². The Morgan fingerprint density at radius 1 is 1.71 bits per heavy atom. The molecule has 1 saturated carbocycles. The van der Waals surface area contributed by atoms with Gasteiger partial charge in [0.15, 0.2) is 15.2 Å². The number of ether oxygens (including phenoxy) is 1. The summed E-state index contributed by atoms with van der Waals surface area (Å²) in [6.45, 7) is 0.566. The van der Waals surface area contributed by atoms with Crippen LogP contribution in [0.2, 0.25) is 5.15 Å². The quantitative estimate of drug-likeness (QED) is 0.827. The third-order valence-corrected chi connectivity index (χ3v) is 3.98. The monoisotopic (exact) mass is 276 g/mol. The van der Waals surface area contributed by atoms with Gasteiger partial charge in [0.2, 0.25) is 0 Å². The van der Waals surface area contributed by atoms with E-state index in [-0.39, 0.29) is 11.8 Å². The Morgan fingerprint density at radius 3 is 2.94 bits per heavy atom. The second kappa shape index (κ2) is 5.20. The first-order valence-electron chi connectivity index (χ1n) is 5.29. The van der Waals surface area contributed by atoms with Crippen molar-refractivity contribution in [1.29, 1.82) is 0 Å². The van der Waals surface area contributed by atoms with E-state index in [1.54, 1.807) is 0 Å². The van der Waals surface area contributed by atoms with Gasteiger partial charge in [-0.05, 0) is 12.8 Å². The first-order valence-corrected chi connectivity index (χ1v) is 6.49. The maximum absolute atomic E-state index is 11.4. The van der Waals surface area contributed by atoms with Gasteiger partial charge in [-0.1, -0.05) is 22.9 Å². The molecule has 1 N–H and O–H groups in total. The summed E-state index contributed by atoms with van der Waals surface area (Å²) in [4.78, 5) is 17.9. The Bertz CT molecular complexity index is 420. The van der Waals surface area contributed by atoms with Crippen LogP contribution in [0.4, 0.5) is 5.13 Å². The SMILES string of the molecule is COC(=O)c1sc(N(CCO)C2CC2)nc1Cl. The smallest absolute Gasteiger partial charge is 0.351 e. The number of rotatable bonds is 5. The summed E-state index contributed by atoms with van der Waals surface area (Å²) < 4.78 is 4.63. The molecule has 1 heterocycles. The molecule has 1 fully saturated rings. The second-order valence-corrected chi connectivity index (χ2v) is 5.09. The van der Waals surface area contributed by atoms with Crippen LogP contribution >= 0.6 is 22.9 Å². The van der Waals surface area contributed by atoms with Crippen LogP contribution in [0.3, 0.4) is 0 Å². The topological polar surface area (TPSA) is 62.7 Å². The molecular formula is C10H13ClN2O3S. The molecule has 1 aliphatic carbocycles. The number of hydrogen-bond acceptors (Lipinski definition) is 6. The van der Waals surface area contributed by atoms with Gasteiger partial charge in [-0.3, -0.25) is 0 Å². The Morgan fingerprint density at radius 2 is 2.41 bits per heavy atom. The lowest BCUT2D eigenvalue weighted by atomic mass is 10.5. The molecule has 0 radical (unpaired) electrons. The van der Waals surface area contributed by atoms with Crippen LogP contribution in [0.5, 0.6) is 0 Å². The molecule has 0 atom stereocenters. The molecule has 0 unspecified atom stereocenters. The summed E-state index contributed by atoms with van der Waals surface area (Å²) in [6, 6.07) is 0.412. The molecule has 17 heavy (non-hydrogen) atoms. The first-order chi connectivity index (χ1) is 8.17. The fourth-order valence-corrected chi connectivity index (χ4v) is 2.86. The van der Waals surface area contributed by atoms with Gasteiger partial charge >= 0.3 is 5.97 Å². The van der Waals surface area contributed by atoms with E-state index in [4.69, 9.17) is 16.7 Å². The standard InChI is InChI=1S/C10H13ClN2O3S/c1-16-9(15)7-8(11)12-10(17-7)13(4-5-14)6-2-3-6/h6,14H,2-5H2,1H3. The van der Waals surface area contributed by atoms with Crippen LogP contribution in [-0.2, 0) is 4.74 Å². The zero-order chi connectivity index (χ0) is 12.4. The van der Waals surface area contributed by atoms with Gasteiger partial charge in [-0.15, -0.1) is 0 Å². The molecule has 94 valence electrons. The number of aromatic nitrogens is 1. The minimum absolute atomic E-state index is 0.0568. The molecule has 1 aromatic heterocycles. The van der Waals surface area contributed by atoms with E-state index in [2.05, 4.69) is 9.72 Å². The van der Waals surface area contributed by atoms with Crippen LogP contribution in [0.25, 0.3) is 0 Å². The largest absolute Gasteiger partial charge is 0.465 e.